The van der Waals surface area contributed by atoms with E-state index in [1.54, 1.807) is 6.92 Å². The zero-order valence-electron chi connectivity index (χ0n) is 10.5. The van der Waals surface area contributed by atoms with Crippen LogP contribution in [0, 0.1) is 0 Å². The summed E-state index contributed by atoms with van der Waals surface area (Å²) in [4.78, 5) is 23.6. The van der Waals surface area contributed by atoms with Gasteiger partial charge in [0.1, 0.15) is 6.54 Å². The number of hydrogen-bond donors (Lipinski definition) is 2. The van der Waals surface area contributed by atoms with Crippen molar-refractivity contribution in [3.63, 3.8) is 0 Å². The summed E-state index contributed by atoms with van der Waals surface area (Å²) in [6.07, 6.45) is 1.64. The van der Waals surface area contributed by atoms with Gasteiger partial charge in [0.05, 0.1) is 0 Å². The van der Waals surface area contributed by atoms with Crippen molar-refractivity contribution in [2.45, 2.75) is 46.1 Å². The number of hydrogen-bond acceptors (Lipinski definition) is 2. The number of urea groups is 1. The van der Waals surface area contributed by atoms with Crippen molar-refractivity contribution >= 4 is 12.0 Å². The molecule has 0 bridgehead atoms. The first-order valence-corrected chi connectivity index (χ1v) is 5.67. The molecule has 5 heteroatoms. The summed E-state index contributed by atoms with van der Waals surface area (Å²) in [5.74, 6) is -0.994. The minimum Gasteiger partial charge on any atom is -0.480 e. The quantitative estimate of drug-likeness (QED) is 0.729. The van der Waals surface area contributed by atoms with Gasteiger partial charge in [0.15, 0.2) is 0 Å². The SMILES string of the molecule is CCN(CC(=O)O)C(=O)NC(C)(CC)CC. The monoisotopic (exact) mass is 230 g/mol. The van der Waals surface area contributed by atoms with Crippen LogP contribution in [0.25, 0.3) is 0 Å². The normalized spacial score (nSPS) is 11.0. The summed E-state index contributed by atoms with van der Waals surface area (Å²) in [6.45, 7) is 7.85. The predicted octanol–water partition coefficient (Wildman–Crippen LogP) is 1.68. The Morgan fingerprint density at radius 1 is 1.25 bits per heavy atom. The van der Waals surface area contributed by atoms with Crippen molar-refractivity contribution in [2.24, 2.45) is 0 Å². The minimum absolute atomic E-state index is 0.258. The maximum absolute atomic E-state index is 11.8. The molecular formula is C11H22N2O3. The Bertz CT molecular complexity index is 250. The number of carbonyl (C=O) groups excluding carboxylic acids is 1. The average molecular weight is 230 g/mol. The lowest BCUT2D eigenvalue weighted by Gasteiger charge is -2.31. The van der Waals surface area contributed by atoms with Crippen LogP contribution in [0.15, 0.2) is 0 Å². The molecule has 94 valence electrons. The lowest BCUT2D eigenvalue weighted by atomic mass is 9.96. The highest BCUT2D eigenvalue weighted by molar-refractivity contribution is 5.80. The van der Waals surface area contributed by atoms with Gasteiger partial charge in [-0.25, -0.2) is 4.79 Å². The summed E-state index contributed by atoms with van der Waals surface area (Å²) in [6, 6.07) is -0.309. The topological polar surface area (TPSA) is 69.6 Å². The average Bonchev–Trinajstić information content (AvgIpc) is 2.25. The molecule has 0 aliphatic heterocycles. The largest absolute Gasteiger partial charge is 0.480 e. The number of rotatable bonds is 6. The second-order valence-corrected chi connectivity index (χ2v) is 4.11. The fraction of sp³-hybridized carbons (Fsp3) is 0.818. The van der Waals surface area contributed by atoms with E-state index >= 15 is 0 Å². The zero-order valence-corrected chi connectivity index (χ0v) is 10.5. The van der Waals surface area contributed by atoms with Crippen LogP contribution in [0.1, 0.15) is 40.5 Å². The minimum atomic E-state index is -0.994. The molecule has 0 fully saturated rings. The second kappa shape index (κ2) is 6.35. The van der Waals surface area contributed by atoms with Gasteiger partial charge in [-0.1, -0.05) is 13.8 Å². The third-order valence-corrected chi connectivity index (χ3v) is 2.96. The van der Waals surface area contributed by atoms with Gasteiger partial charge in [0.2, 0.25) is 0 Å². The smallest absolute Gasteiger partial charge is 0.323 e. The van der Waals surface area contributed by atoms with E-state index in [-0.39, 0.29) is 18.1 Å². The molecule has 16 heavy (non-hydrogen) atoms. The number of carbonyl (C=O) groups is 2. The number of nitrogens with one attached hydrogen (secondary N) is 1. The van der Waals surface area contributed by atoms with Crippen LogP contribution in [-0.4, -0.2) is 40.6 Å². The number of nitrogens with zero attached hydrogens (tertiary/aromatic N) is 1. The molecule has 0 radical (unpaired) electrons. The van der Waals surface area contributed by atoms with Crippen molar-refractivity contribution in [3.05, 3.63) is 0 Å². The van der Waals surface area contributed by atoms with Gasteiger partial charge in [0, 0.05) is 12.1 Å². The van der Waals surface area contributed by atoms with Crippen LogP contribution in [0.5, 0.6) is 0 Å². The second-order valence-electron chi connectivity index (χ2n) is 4.11. The van der Waals surface area contributed by atoms with Gasteiger partial charge in [-0.2, -0.15) is 0 Å². The Hall–Kier alpha value is -1.26. The highest BCUT2D eigenvalue weighted by Crippen LogP contribution is 2.13. The van der Waals surface area contributed by atoms with E-state index in [4.69, 9.17) is 5.11 Å². The van der Waals surface area contributed by atoms with Crippen LogP contribution in [0.4, 0.5) is 4.79 Å². The number of carboxylic acids is 1. The van der Waals surface area contributed by atoms with Crippen LogP contribution in [0.3, 0.4) is 0 Å². The first kappa shape index (κ1) is 14.7. The van der Waals surface area contributed by atoms with Gasteiger partial charge in [-0.05, 0) is 26.7 Å². The first-order chi connectivity index (χ1) is 7.38. The zero-order chi connectivity index (χ0) is 12.8. The van der Waals surface area contributed by atoms with Crippen LogP contribution >= 0.6 is 0 Å². The lowest BCUT2D eigenvalue weighted by Crippen LogP contribution is -2.52. The van der Waals surface area contributed by atoms with E-state index in [0.717, 1.165) is 12.8 Å². The first-order valence-electron chi connectivity index (χ1n) is 5.67. The fourth-order valence-electron chi connectivity index (χ4n) is 1.25. The highest BCUT2D eigenvalue weighted by atomic mass is 16.4. The molecule has 0 atom stereocenters. The van der Waals surface area contributed by atoms with Crippen LogP contribution in [-0.2, 0) is 4.79 Å². The van der Waals surface area contributed by atoms with E-state index in [9.17, 15) is 9.59 Å². The Morgan fingerprint density at radius 2 is 1.75 bits per heavy atom. The van der Waals surface area contributed by atoms with Crippen molar-refractivity contribution in [2.75, 3.05) is 13.1 Å². The molecule has 0 aromatic rings. The number of amides is 2. The van der Waals surface area contributed by atoms with Crippen molar-refractivity contribution in [1.82, 2.24) is 10.2 Å². The van der Waals surface area contributed by atoms with Gasteiger partial charge >= 0.3 is 12.0 Å². The fourth-order valence-corrected chi connectivity index (χ4v) is 1.25. The standard InChI is InChI=1S/C11H22N2O3/c1-5-11(4,6-2)12-10(16)13(7-3)8-9(14)15/h5-8H2,1-4H3,(H,12,16)(H,14,15). The Balaban J connectivity index is 4.46. The predicted molar refractivity (Wildman–Crippen MR) is 62.4 cm³/mol. The van der Waals surface area contributed by atoms with Crippen molar-refractivity contribution < 1.29 is 14.7 Å². The van der Waals surface area contributed by atoms with Gasteiger partial charge in [0.25, 0.3) is 0 Å². The molecule has 0 spiro atoms. The summed E-state index contributed by atoms with van der Waals surface area (Å²) in [5.41, 5.74) is -0.261. The van der Waals surface area contributed by atoms with Gasteiger partial charge < -0.3 is 15.3 Å². The summed E-state index contributed by atoms with van der Waals surface area (Å²) in [5, 5.41) is 11.5. The van der Waals surface area contributed by atoms with E-state index < -0.39 is 5.97 Å². The highest BCUT2D eigenvalue weighted by Gasteiger charge is 2.25. The molecule has 0 aliphatic carbocycles. The van der Waals surface area contributed by atoms with Gasteiger partial charge in [-0.3, -0.25) is 4.79 Å². The number of carboxylic acid groups (broad SMARTS) is 1. The number of likely N-dealkylation sites (N-methyl/N-ethyl adjacent to an activating group) is 1. The molecule has 0 aromatic heterocycles. The molecule has 0 aromatic carbocycles. The van der Waals surface area contributed by atoms with E-state index in [1.165, 1.54) is 4.90 Å². The summed E-state index contributed by atoms with van der Waals surface area (Å²) >= 11 is 0. The third kappa shape index (κ3) is 4.51. The molecule has 0 saturated carbocycles. The molecule has 0 heterocycles. The van der Waals surface area contributed by atoms with E-state index in [0.29, 0.717) is 6.54 Å². The van der Waals surface area contributed by atoms with Crippen molar-refractivity contribution in [1.29, 1.82) is 0 Å². The molecule has 5 nitrogen and oxygen atoms in total. The molecule has 0 aliphatic rings. The Labute approximate surface area is 96.8 Å². The van der Waals surface area contributed by atoms with E-state index in [2.05, 4.69) is 5.32 Å². The molecular weight excluding hydrogens is 208 g/mol. The summed E-state index contributed by atoms with van der Waals surface area (Å²) < 4.78 is 0. The molecule has 2 amide bonds. The Morgan fingerprint density at radius 3 is 2.06 bits per heavy atom. The molecule has 2 N–H and O–H groups in total. The molecule has 0 rings (SSSR count). The van der Waals surface area contributed by atoms with Crippen molar-refractivity contribution in [3.8, 4) is 0 Å². The third-order valence-electron chi connectivity index (χ3n) is 2.96. The van der Waals surface area contributed by atoms with Crippen LogP contribution < -0.4 is 5.32 Å². The number of aliphatic carboxylic acids is 1. The maximum Gasteiger partial charge on any atom is 0.323 e. The van der Waals surface area contributed by atoms with Crippen LogP contribution in [0.2, 0.25) is 0 Å². The summed E-state index contributed by atoms with van der Waals surface area (Å²) in [7, 11) is 0. The Kier molecular flexibility index (Phi) is 5.85. The van der Waals surface area contributed by atoms with E-state index in [1.807, 2.05) is 20.8 Å². The maximum atomic E-state index is 11.8. The molecule has 0 unspecified atom stereocenters. The molecule has 0 saturated heterocycles. The lowest BCUT2D eigenvalue weighted by molar-refractivity contribution is -0.137. The van der Waals surface area contributed by atoms with Gasteiger partial charge in [-0.15, -0.1) is 0 Å².